The Bertz CT molecular complexity index is 585. The molecule has 1 aromatic carbocycles. The van der Waals surface area contributed by atoms with Gasteiger partial charge in [-0.15, -0.1) is 10.2 Å². The third-order valence-corrected chi connectivity index (χ3v) is 6.91. The first-order valence-electron chi connectivity index (χ1n) is 6.65. The van der Waals surface area contributed by atoms with E-state index in [0.717, 1.165) is 21.5 Å². The van der Waals surface area contributed by atoms with Crippen LogP contribution in [0.2, 0.25) is 0 Å². The van der Waals surface area contributed by atoms with E-state index >= 15 is 0 Å². The van der Waals surface area contributed by atoms with Crippen molar-refractivity contribution in [3.05, 3.63) is 35.4 Å². The zero-order valence-electron chi connectivity index (χ0n) is 11.3. The van der Waals surface area contributed by atoms with E-state index in [9.17, 15) is 0 Å². The van der Waals surface area contributed by atoms with Gasteiger partial charge in [0.1, 0.15) is 0 Å². The first kappa shape index (κ1) is 14.4. The normalized spacial score (nSPS) is 22.3. The van der Waals surface area contributed by atoms with E-state index in [-0.39, 0.29) is 6.04 Å². The maximum atomic E-state index is 6.51. The zero-order chi connectivity index (χ0) is 13.9. The minimum atomic E-state index is 0.0836. The molecule has 6 heteroatoms. The summed E-state index contributed by atoms with van der Waals surface area (Å²) in [6.07, 6.45) is 5.49. The van der Waals surface area contributed by atoms with Gasteiger partial charge in [0.05, 0.1) is 0 Å². The van der Waals surface area contributed by atoms with E-state index in [1.165, 1.54) is 17.5 Å². The summed E-state index contributed by atoms with van der Waals surface area (Å²) in [5.41, 5.74) is 9.22. The molecule has 3 rings (SSSR count). The Hall–Kier alpha value is -0.560. The van der Waals surface area contributed by atoms with Gasteiger partial charge in [-0.3, -0.25) is 0 Å². The maximum absolute atomic E-state index is 6.51. The highest BCUT2D eigenvalue weighted by molar-refractivity contribution is 8.03. The van der Waals surface area contributed by atoms with Crippen molar-refractivity contribution >= 4 is 34.9 Å². The molecule has 20 heavy (non-hydrogen) atoms. The SMILES string of the molecule is CSc1nnc(SC2CCCc3ccccc3C2N)s1. The first-order valence-corrected chi connectivity index (χ1v) is 9.57. The molecule has 0 fully saturated rings. The van der Waals surface area contributed by atoms with E-state index in [1.807, 2.05) is 6.26 Å². The van der Waals surface area contributed by atoms with Gasteiger partial charge in [-0.05, 0) is 36.6 Å². The minimum absolute atomic E-state index is 0.0836. The molecule has 0 amide bonds. The second-order valence-electron chi connectivity index (χ2n) is 4.81. The van der Waals surface area contributed by atoms with Crippen LogP contribution in [0.5, 0.6) is 0 Å². The molecule has 0 saturated heterocycles. The Morgan fingerprint density at radius 1 is 1.25 bits per heavy atom. The largest absolute Gasteiger partial charge is 0.323 e. The van der Waals surface area contributed by atoms with Crippen molar-refractivity contribution in [3.8, 4) is 0 Å². The minimum Gasteiger partial charge on any atom is -0.323 e. The van der Waals surface area contributed by atoms with Gasteiger partial charge in [0.2, 0.25) is 0 Å². The van der Waals surface area contributed by atoms with Crippen molar-refractivity contribution in [1.29, 1.82) is 0 Å². The van der Waals surface area contributed by atoms with Crippen LogP contribution in [0.4, 0.5) is 0 Å². The first-order chi connectivity index (χ1) is 9.78. The molecular formula is C14H17N3S3. The van der Waals surface area contributed by atoms with Gasteiger partial charge >= 0.3 is 0 Å². The molecule has 1 heterocycles. The number of thioether (sulfide) groups is 2. The van der Waals surface area contributed by atoms with Crippen LogP contribution in [0.15, 0.2) is 32.9 Å². The standard InChI is InChI=1S/C14H17N3S3/c1-18-13-16-17-14(20-13)19-11-8-4-6-9-5-2-3-7-10(9)12(11)15/h2-3,5,7,11-12H,4,6,8,15H2,1H3. The molecule has 2 unspecified atom stereocenters. The lowest BCUT2D eigenvalue weighted by Crippen LogP contribution is -2.23. The van der Waals surface area contributed by atoms with Crippen molar-refractivity contribution in [3.63, 3.8) is 0 Å². The number of rotatable bonds is 3. The third-order valence-electron chi connectivity index (χ3n) is 3.56. The van der Waals surface area contributed by atoms with Crippen molar-refractivity contribution in [2.75, 3.05) is 6.26 Å². The Balaban J connectivity index is 1.80. The molecule has 1 aliphatic carbocycles. The molecule has 2 N–H and O–H groups in total. The number of aryl methyl sites for hydroxylation is 1. The molecule has 0 aliphatic heterocycles. The maximum Gasteiger partial charge on any atom is 0.175 e. The van der Waals surface area contributed by atoms with E-state index in [0.29, 0.717) is 5.25 Å². The molecule has 0 saturated carbocycles. The number of hydrogen-bond donors (Lipinski definition) is 1. The number of nitrogens with zero attached hydrogens (tertiary/aromatic N) is 2. The van der Waals surface area contributed by atoms with Gasteiger partial charge in [-0.25, -0.2) is 0 Å². The molecule has 2 atom stereocenters. The molecule has 3 nitrogen and oxygen atoms in total. The topological polar surface area (TPSA) is 51.8 Å². The monoisotopic (exact) mass is 323 g/mol. The lowest BCUT2D eigenvalue weighted by Gasteiger charge is -2.21. The molecule has 1 aromatic heterocycles. The summed E-state index contributed by atoms with van der Waals surface area (Å²) in [4.78, 5) is 0. The van der Waals surface area contributed by atoms with Crippen LogP contribution >= 0.6 is 34.9 Å². The van der Waals surface area contributed by atoms with Crippen LogP contribution in [0, 0.1) is 0 Å². The predicted octanol–water partition coefficient (Wildman–Crippen LogP) is 3.76. The van der Waals surface area contributed by atoms with Crippen molar-refractivity contribution in [2.45, 2.75) is 39.2 Å². The number of nitrogens with two attached hydrogens (primary N) is 1. The lowest BCUT2D eigenvalue weighted by molar-refractivity contribution is 0.632. The quantitative estimate of drug-likeness (QED) is 0.688. The summed E-state index contributed by atoms with van der Waals surface area (Å²) >= 11 is 5.10. The van der Waals surface area contributed by atoms with Gasteiger partial charge in [-0.1, -0.05) is 59.1 Å². The number of aromatic nitrogens is 2. The van der Waals surface area contributed by atoms with E-state index in [1.54, 1.807) is 34.9 Å². The van der Waals surface area contributed by atoms with Crippen molar-refractivity contribution in [2.24, 2.45) is 5.73 Å². The van der Waals surface area contributed by atoms with E-state index in [2.05, 4.69) is 34.5 Å². The highest BCUT2D eigenvalue weighted by Crippen LogP contribution is 2.39. The zero-order valence-corrected chi connectivity index (χ0v) is 13.7. The molecule has 0 bridgehead atoms. The van der Waals surface area contributed by atoms with Gasteiger partial charge in [0, 0.05) is 11.3 Å². The van der Waals surface area contributed by atoms with Gasteiger partial charge < -0.3 is 5.73 Å². The number of benzene rings is 1. The number of fused-ring (bicyclic) bond motifs is 1. The van der Waals surface area contributed by atoms with Crippen LogP contribution in [0.3, 0.4) is 0 Å². The fourth-order valence-corrected chi connectivity index (χ4v) is 5.44. The summed E-state index contributed by atoms with van der Waals surface area (Å²) in [7, 11) is 0. The Morgan fingerprint density at radius 3 is 2.85 bits per heavy atom. The van der Waals surface area contributed by atoms with Gasteiger partial charge in [0.25, 0.3) is 0 Å². The van der Waals surface area contributed by atoms with E-state index in [4.69, 9.17) is 5.73 Å². The summed E-state index contributed by atoms with van der Waals surface area (Å²) in [6, 6.07) is 8.66. The summed E-state index contributed by atoms with van der Waals surface area (Å²) in [6.45, 7) is 0. The fourth-order valence-electron chi connectivity index (χ4n) is 2.55. The van der Waals surface area contributed by atoms with Crippen LogP contribution in [0.1, 0.15) is 30.0 Å². The third kappa shape index (κ3) is 3.03. The predicted molar refractivity (Wildman–Crippen MR) is 87.6 cm³/mol. The Morgan fingerprint density at radius 2 is 2.05 bits per heavy atom. The van der Waals surface area contributed by atoms with Crippen LogP contribution in [-0.2, 0) is 6.42 Å². The van der Waals surface area contributed by atoms with Crippen LogP contribution in [-0.4, -0.2) is 21.7 Å². The second-order valence-corrected chi connectivity index (χ2v) is 8.33. The Labute approximate surface area is 131 Å². The average Bonchev–Trinajstić information content (AvgIpc) is 2.87. The van der Waals surface area contributed by atoms with Gasteiger partial charge in [0.15, 0.2) is 8.68 Å². The molecule has 0 spiro atoms. The Kier molecular flexibility index (Phi) is 4.65. The smallest absolute Gasteiger partial charge is 0.175 e. The summed E-state index contributed by atoms with van der Waals surface area (Å²) < 4.78 is 2.06. The highest BCUT2D eigenvalue weighted by Gasteiger charge is 2.26. The van der Waals surface area contributed by atoms with Crippen molar-refractivity contribution in [1.82, 2.24) is 10.2 Å². The number of hydrogen-bond acceptors (Lipinski definition) is 6. The molecule has 0 radical (unpaired) electrons. The van der Waals surface area contributed by atoms with Gasteiger partial charge in [-0.2, -0.15) is 0 Å². The average molecular weight is 324 g/mol. The summed E-state index contributed by atoms with van der Waals surface area (Å²) in [5.74, 6) is 0. The van der Waals surface area contributed by atoms with Crippen molar-refractivity contribution < 1.29 is 0 Å². The lowest BCUT2D eigenvalue weighted by atomic mass is 10.00. The molecular weight excluding hydrogens is 306 g/mol. The molecule has 106 valence electrons. The highest BCUT2D eigenvalue weighted by atomic mass is 32.2. The van der Waals surface area contributed by atoms with Crippen LogP contribution in [0.25, 0.3) is 0 Å². The fraction of sp³-hybridized carbons (Fsp3) is 0.429. The molecule has 1 aliphatic rings. The second kappa shape index (κ2) is 6.47. The molecule has 2 aromatic rings. The van der Waals surface area contributed by atoms with Crippen LogP contribution < -0.4 is 5.73 Å². The van der Waals surface area contributed by atoms with E-state index < -0.39 is 0 Å². The summed E-state index contributed by atoms with van der Waals surface area (Å²) in [5, 5.41) is 8.81.